The van der Waals surface area contributed by atoms with E-state index >= 15 is 0 Å². The number of nitrogens with zero attached hydrogens (tertiary/aromatic N) is 2. The summed E-state index contributed by atoms with van der Waals surface area (Å²) in [7, 11) is 0. The number of hydrogen-bond acceptors (Lipinski definition) is 4. The Morgan fingerprint density at radius 2 is 2.13 bits per heavy atom. The van der Waals surface area contributed by atoms with Crippen molar-refractivity contribution >= 4 is 16.7 Å². The topological polar surface area (TPSA) is 51.8 Å². The first-order chi connectivity index (χ1) is 7.16. The van der Waals surface area contributed by atoms with Gasteiger partial charge in [-0.2, -0.15) is 9.36 Å². The Labute approximate surface area is 88.7 Å². The van der Waals surface area contributed by atoms with E-state index < -0.39 is 6.43 Å². The van der Waals surface area contributed by atoms with E-state index in [-0.39, 0.29) is 5.56 Å². The van der Waals surface area contributed by atoms with Crippen molar-refractivity contribution in [1.82, 2.24) is 9.36 Å². The zero-order valence-electron chi connectivity index (χ0n) is 7.52. The molecule has 2 aromatic rings. The van der Waals surface area contributed by atoms with Crippen LogP contribution in [0.5, 0.6) is 0 Å². The predicted octanol–water partition coefficient (Wildman–Crippen LogP) is 2.72. The molecule has 0 fully saturated rings. The minimum absolute atomic E-state index is 0.0409. The van der Waals surface area contributed by atoms with Crippen LogP contribution in [0.4, 0.5) is 13.9 Å². The third kappa shape index (κ3) is 2.10. The highest BCUT2D eigenvalue weighted by Crippen LogP contribution is 2.25. The first-order valence-corrected chi connectivity index (χ1v) is 4.92. The molecule has 0 unspecified atom stereocenters. The Kier molecular flexibility index (Phi) is 2.59. The number of halogens is 2. The fourth-order valence-corrected chi connectivity index (χ4v) is 1.62. The van der Waals surface area contributed by atoms with Gasteiger partial charge in [0.2, 0.25) is 0 Å². The van der Waals surface area contributed by atoms with Crippen molar-refractivity contribution < 1.29 is 8.78 Å². The molecule has 3 nitrogen and oxygen atoms in total. The Bertz CT molecular complexity index is 470. The monoisotopic (exact) mass is 227 g/mol. The van der Waals surface area contributed by atoms with E-state index in [0.717, 1.165) is 11.5 Å². The van der Waals surface area contributed by atoms with Gasteiger partial charge in [0.05, 0.1) is 0 Å². The zero-order chi connectivity index (χ0) is 10.8. The van der Waals surface area contributed by atoms with Gasteiger partial charge >= 0.3 is 0 Å². The van der Waals surface area contributed by atoms with E-state index in [1.165, 1.54) is 12.1 Å². The van der Waals surface area contributed by atoms with Crippen LogP contribution in [-0.2, 0) is 0 Å². The van der Waals surface area contributed by atoms with E-state index in [1.807, 2.05) is 0 Å². The summed E-state index contributed by atoms with van der Waals surface area (Å²) in [4.78, 5) is 3.92. The van der Waals surface area contributed by atoms with Gasteiger partial charge in [-0.1, -0.05) is 18.2 Å². The second-order valence-corrected chi connectivity index (χ2v) is 3.67. The molecule has 1 heterocycles. The molecule has 0 bridgehead atoms. The molecule has 0 spiro atoms. The van der Waals surface area contributed by atoms with E-state index in [1.54, 1.807) is 12.1 Å². The summed E-state index contributed by atoms with van der Waals surface area (Å²) in [6.45, 7) is 0. The number of nitrogen functional groups attached to an aromatic ring is 1. The third-order valence-electron chi connectivity index (χ3n) is 1.84. The molecular weight excluding hydrogens is 220 g/mol. The molecule has 2 N–H and O–H groups in total. The second-order valence-electron chi connectivity index (χ2n) is 2.88. The van der Waals surface area contributed by atoms with Crippen molar-refractivity contribution in [3.63, 3.8) is 0 Å². The molecule has 1 aromatic carbocycles. The maximum absolute atomic E-state index is 12.4. The van der Waals surface area contributed by atoms with Gasteiger partial charge in [-0.25, -0.2) is 8.78 Å². The molecule has 0 amide bonds. The Hall–Kier alpha value is -1.56. The molecule has 6 heteroatoms. The Morgan fingerprint density at radius 1 is 1.33 bits per heavy atom. The van der Waals surface area contributed by atoms with Gasteiger partial charge in [0, 0.05) is 22.7 Å². The van der Waals surface area contributed by atoms with Gasteiger partial charge in [0.25, 0.3) is 6.43 Å². The minimum Gasteiger partial charge on any atom is -0.374 e. The van der Waals surface area contributed by atoms with Gasteiger partial charge in [0.15, 0.2) is 11.0 Å². The van der Waals surface area contributed by atoms with Crippen molar-refractivity contribution in [2.24, 2.45) is 0 Å². The number of benzene rings is 1. The summed E-state index contributed by atoms with van der Waals surface area (Å²) in [6.07, 6.45) is -2.49. The number of anilines is 1. The number of hydrogen-bond donors (Lipinski definition) is 1. The molecule has 15 heavy (non-hydrogen) atoms. The second kappa shape index (κ2) is 3.90. The molecular formula is C9H7F2N3S. The van der Waals surface area contributed by atoms with E-state index in [4.69, 9.17) is 5.73 Å². The number of aromatic nitrogens is 2. The first kappa shape index (κ1) is 9.97. The summed E-state index contributed by atoms with van der Waals surface area (Å²) >= 11 is 1.04. The maximum Gasteiger partial charge on any atom is 0.263 e. The zero-order valence-corrected chi connectivity index (χ0v) is 8.34. The van der Waals surface area contributed by atoms with Crippen LogP contribution in [0.1, 0.15) is 12.0 Å². The largest absolute Gasteiger partial charge is 0.374 e. The lowest BCUT2D eigenvalue weighted by molar-refractivity contribution is 0.151. The fourth-order valence-electron chi connectivity index (χ4n) is 1.17. The number of rotatable bonds is 2. The van der Waals surface area contributed by atoms with Crippen molar-refractivity contribution in [3.8, 4) is 11.4 Å². The molecule has 0 saturated carbocycles. The lowest BCUT2D eigenvalue weighted by atomic mass is 10.1. The van der Waals surface area contributed by atoms with Crippen molar-refractivity contribution in [1.29, 1.82) is 0 Å². The van der Waals surface area contributed by atoms with Crippen LogP contribution < -0.4 is 5.73 Å². The lowest BCUT2D eigenvalue weighted by Gasteiger charge is -2.00. The van der Waals surface area contributed by atoms with Crippen LogP contribution in [0.15, 0.2) is 24.3 Å². The summed E-state index contributed by atoms with van der Waals surface area (Å²) < 4.78 is 28.8. The van der Waals surface area contributed by atoms with Crippen LogP contribution in [0, 0.1) is 0 Å². The highest BCUT2D eigenvalue weighted by Gasteiger charge is 2.10. The fraction of sp³-hybridized carbons (Fsp3) is 0.111. The Balaban J connectivity index is 2.41. The quantitative estimate of drug-likeness (QED) is 0.858. The molecule has 0 aliphatic heterocycles. The average molecular weight is 227 g/mol. The maximum atomic E-state index is 12.4. The Morgan fingerprint density at radius 3 is 2.73 bits per heavy atom. The molecule has 0 aliphatic carbocycles. The smallest absolute Gasteiger partial charge is 0.263 e. The van der Waals surface area contributed by atoms with Crippen LogP contribution in [0.3, 0.4) is 0 Å². The minimum atomic E-state index is -2.49. The average Bonchev–Trinajstić information content (AvgIpc) is 2.65. The predicted molar refractivity (Wildman–Crippen MR) is 54.7 cm³/mol. The SMILES string of the molecule is Nc1nc(-c2cccc(C(F)F)c2)ns1. The van der Waals surface area contributed by atoms with Gasteiger partial charge in [0.1, 0.15) is 0 Å². The normalized spacial score (nSPS) is 10.9. The molecule has 0 radical (unpaired) electrons. The lowest BCUT2D eigenvalue weighted by Crippen LogP contribution is -1.87. The van der Waals surface area contributed by atoms with E-state index in [9.17, 15) is 8.78 Å². The molecule has 0 saturated heterocycles. The van der Waals surface area contributed by atoms with E-state index in [0.29, 0.717) is 16.5 Å². The van der Waals surface area contributed by atoms with Gasteiger partial charge in [-0.15, -0.1) is 0 Å². The molecule has 78 valence electrons. The van der Waals surface area contributed by atoms with Crippen molar-refractivity contribution in [3.05, 3.63) is 29.8 Å². The summed E-state index contributed by atoms with van der Waals surface area (Å²) in [5.41, 5.74) is 5.93. The molecule has 2 rings (SSSR count). The summed E-state index contributed by atoms with van der Waals surface area (Å²) in [6, 6.07) is 5.96. The highest BCUT2D eigenvalue weighted by atomic mass is 32.1. The number of alkyl halides is 2. The molecule has 0 aliphatic rings. The van der Waals surface area contributed by atoms with Crippen LogP contribution >= 0.6 is 11.5 Å². The summed E-state index contributed by atoms with van der Waals surface area (Å²) in [5, 5.41) is 0.326. The first-order valence-electron chi connectivity index (χ1n) is 4.14. The van der Waals surface area contributed by atoms with Gasteiger partial charge < -0.3 is 5.73 Å². The van der Waals surface area contributed by atoms with Crippen LogP contribution in [0.25, 0.3) is 11.4 Å². The summed E-state index contributed by atoms with van der Waals surface area (Å²) in [5.74, 6) is 0.389. The van der Waals surface area contributed by atoms with Crippen molar-refractivity contribution in [2.45, 2.75) is 6.43 Å². The molecule has 0 atom stereocenters. The van der Waals surface area contributed by atoms with Gasteiger partial charge in [-0.3, -0.25) is 0 Å². The van der Waals surface area contributed by atoms with Crippen LogP contribution in [-0.4, -0.2) is 9.36 Å². The van der Waals surface area contributed by atoms with E-state index in [2.05, 4.69) is 9.36 Å². The van der Waals surface area contributed by atoms with Crippen molar-refractivity contribution in [2.75, 3.05) is 5.73 Å². The number of nitrogens with two attached hydrogens (primary N) is 1. The third-order valence-corrected chi connectivity index (χ3v) is 2.38. The standard InChI is InChI=1S/C9H7F2N3S/c10-7(11)5-2-1-3-6(4-5)8-13-9(12)15-14-8/h1-4,7H,(H2,12,13,14). The highest BCUT2D eigenvalue weighted by molar-refractivity contribution is 7.09. The van der Waals surface area contributed by atoms with Crippen LogP contribution in [0.2, 0.25) is 0 Å². The van der Waals surface area contributed by atoms with Gasteiger partial charge in [-0.05, 0) is 6.07 Å². The molecule has 1 aromatic heterocycles.